The fourth-order valence-electron chi connectivity index (χ4n) is 2.52. The number of aromatic nitrogens is 5. The molecule has 7 heteroatoms. The minimum absolute atomic E-state index is 0.281. The third kappa shape index (κ3) is 2.52. The Balaban J connectivity index is 1.60. The maximum Gasteiger partial charge on any atom is 0.274 e. The number of nitrogens with one attached hydrogen (secondary N) is 2. The Morgan fingerprint density at radius 3 is 2.96 bits per heavy atom. The van der Waals surface area contributed by atoms with Crippen LogP contribution in [-0.2, 0) is 7.05 Å². The zero-order valence-corrected chi connectivity index (χ0v) is 12.9. The van der Waals surface area contributed by atoms with Gasteiger partial charge in [0, 0.05) is 30.7 Å². The van der Waals surface area contributed by atoms with Crippen molar-refractivity contribution in [3.63, 3.8) is 0 Å². The van der Waals surface area contributed by atoms with E-state index in [1.54, 1.807) is 24.7 Å². The summed E-state index contributed by atoms with van der Waals surface area (Å²) in [5, 5.41) is 2.86. The number of aryl methyl sites for hydroxylation is 1. The molecular formula is C17H14N6O. The highest BCUT2D eigenvalue weighted by Gasteiger charge is 2.11. The fourth-order valence-corrected chi connectivity index (χ4v) is 2.52. The number of carbonyl (C=O) groups excluding carboxylic acids is 1. The molecule has 2 N–H and O–H groups in total. The van der Waals surface area contributed by atoms with Crippen molar-refractivity contribution in [1.82, 2.24) is 24.5 Å². The van der Waals surface area contributed by atoms with Gasteiger partial charge in [0.15, 0.2) is 5.65 Å². The number of rotatable bonds is 3. The molecule has 4 rings (SSSR count). The Hall–Kier alpha value is -3.48. The van der Waals surface area contributed by atoms with Crippen molar-refractivity contribution >= 4 is 22.8 Å². The van der Waals surface area contributed by atoms with Crippen LogP contribution < -0.4 is 5.32 Å². The summed E-state index contributed by atoms with van der Waals surface area (Å²) in [5.41, 5.74) is 3.24. The minimum atomic E-state index is -0.281. The number of anilines is 1. The lowest BCUT2D eigenvalue weighted by Gasteiger charge is -2.07. The second-order valence-corrected chi connectivity index (χ2v) is 5.37. The van der Waals surface area contributed by atoms with Crippen LogP contribution in [0.2, 0.25) is 0 Å². The lowest BCUT2D eigenvalue weighted by atomic mass is 10.2. The molecule has 0 fully saturated rings. The van der Waals surface area contributed by atoms with E-state index in [-0.39, 0.29) is 5.91 Å². The molecule has 0 saturated carbocycles. The number of fused-ring (bicyclic) bond motifs is 1. The van der Waals surface area contributed by atoms with Crippen LogP contribution in [0.4, 0.5) is 5.69 Å². The smallest absolute Gasteiger partial charge is 0.274 e. The first-order valence-electron chi connectivity index (χ1n) is 7.40. The highest BCUT2D eigenvalue weighted by Crippen LogP contribution is 2.21. The number of amides is 1. The zero-order valence-electron chi connectivity index (χ0n) is 12.9. The lowest BCUT2D eigenvalue weighted by Crippen LogP contribution is -2.13. The number of nitrogens with zero attached hydrogens (tertiary/aromatic N) is 4. The Bertz CT molecular complexity index is 1030. The van der Waals surface area contributed by atoms with Crippen LogP contribution in [0.3, 0.4) is 0 Å². The summed E-state index contributed by atoms with van der Waals surface area (Å²) in [4.78, 5) is 28.0. The average molecular weight is 318 g/mol. The monoisotopic (exact) mass is 318 g/mol. The SMILES string of the molecule is Cn1ccnc1-c1cccc(NC(=O)c2ccc3[nH]cnc3n2)c1. The number of hydrogen-bond acceptors (Lipinski definition) is 4. The number of imidazole rings is 2. The molecule has 0 radical (unpaired) electrons. The van der Waals surface area contributed by atoms with Gasteiger partial charge in [-0.25, -0.2) is 15.0 Å². The Kier molecular flexibility index (Phi) is 3.31. The van der Waals surface area contributed by atoms with E-state index in [0.29, 0.717) is 17.0 Å². The molecule has 4 aromatic rings. The molecule has 1 amide bonds. The third-order valence-electron chi connectivity index (χ3n) is 3.71. The van der Waals surface area contributed by atoms with E-state index in [1.165, 1.54) is 0 Å². The largest absolute Gasteiger partial charge is 0.343 e. The highest BCUT2D eigenvalue weighted by molar-refractivity contribution is 6.03. The van der Waals surface area contributed by atoms with E-state index in [4.69, 9.17) is 0 Å². The normalized spacial score (nSPS) is 10.9. The number of hydrogen-bond donors (Lipinski definition) is 2. The number of H-pyrrole nitrogens is 1. The van der Waals surface area contributed by atoms with E-state index >= 15 is 0 Å². The summed E-state index contributed by atoms with van der Waals surface area (Å²) >= 11 is 0. The summed E-state index contributed by atoms with van der Waals surface area (Å²) in [7, 11) is 1.93. The van der Waals surface area contributed by atoms with Gasteiger partial charge in [0.1, 0.15) is 11.5 Å². The van der Waals surface area contributed by atoms with Crippen LogP contribution in [-0.4, -0.2) is 30.4 Å². The van der Waals surface area contributed by atoms with Gasteiger partial charge >= 0.3 is 0 Å². The number of carbonyl (C=O) groups is 1. The summed E-state index contributed by atoms with van der Waals surface area (Å²) in [6, 6.07) is 11.0. The molecule has 0 unspecified atom stereocenters. The van der Waals surface area contributed by atoms with Crippen LogP contribution in [0.25, 0.3) is 22.6 Å². The standard InChI is InChI=1S/C17H14N6O/c1-23-8-7-18-16(23)11-3-2-4-12(9-11)21-17(24)14-6-5-13-15(22-14)20-10-19-13/h2-10H,1H3,(H,21,24)(H,19,20,22). The van der Waals surface area contributed by atoms with Crippen LogP contribution >= 0.6 is 0 Å². The maximum absolute atomic E-state index is 12.4. The highest BCUT2D eigenvalue weighted by atomic mass is 16.1. The van der Waals surface area contributed by atoms with Gasteiger partial charge in [-0.2, -0.15) is 0 Å². The second kappa shape index (κ2) is 5.62. The molecule has 1 aromatic carbocycles. The fraction of sp³-hybridized carbons (Fsp3) is 0.0588. The molecular weight excluding hydrogens is 304 g/mol. The van der Waals surface area contributed by atoms with Crippen molar-refractivity contribution in [3.05, 3.63) is 60.8 Å². The summed E-state index contributed by atoms with van der Waals surface area (Å²) in [5.74, 6) is 0.555. The van der Waals surface area contributed by atoms with Gasteiger partial charge < -0.3 is 14.9 Å². The summed E-state index contributed by atoms with van der Waals surface area (Å²) in [6.45, 7) is 0. The van der Waals surface area contributed by atoms with Crippen molar-refractivity contribution in [3.8, 4) is 11.4 Å². The maximum atomic E-state index is 12.4. The van der Waals surface area contributed by atoms with Crippen molar-refractivity contribution in [1.29, 1.82) is 0 Å². The van der Waals surface area contributed by atoms with Crippen molar-refractivity contribution < 1.29 is 4.79 Å². The van der Waals surface area contributed by atoms with Crippen molar-refractivity contribution in [2.45, 2.75) is 0 Å². The molecule has 0 bridgehead atoms. The van der Waals surface area contributed by atoms with Crippen molar-refractivity contribution in [2.75, 3.05) is 5.32 Å². The first-order valence-corrected chi connectivity index (χ1v) is 7.40. The van der Waals surface area contributed by atoms with Gasteiger partial charge in [-0.15, -0.1) is 0 Å². The average Bonchev–Trinajstić information content (AvgIpc) is 3.22. The second-order valence-electron chi connectivity index (χ2n) is 5.37. The topological polar surface area (TPSA) is 88.5 Å². The van der Waals surface area contributed by atoms with E-state index in [2.05, 4.69) is 25.3 Å². The molecule has 0 atom stereocenters. The summed E-state index contributed by atoms with van der Waals surface area (Å²) < 4.78 is 1.92. The Labute approximate surface area is 137 Å². The first kappa shape index (κ1) is 14.1. The van der Waals surface area contributed by atoms with Crippen LogP contribution in [0, 0.1) is 0 Å². The van der Waals surface area contributed by atoms with Gasteiger partial charge in [-0.1, -0.05) is 12.1 Å². The Morgan fingerprint density at radius 1 is 1.21 bits per heavy atom. The molecule has 118 valence electrons. The number of aromatic amines is 1. The van der Waals surface area contributed by atoms with Gasteiger partial charge in [0.2, 0.25) is 0 Å². The molecule has 0 saturated heterocycles. The first-order chi connectivity index (χ1) is 11.7. The molecule has 0 aliphatic heterocycles. The minimum Gasteiger partial charge on any atom is -0.343 e. The number of pyridine rings is 1. The molecule has 0 spiro atoms. The van der Waals surface area contributed by atoms with Gasteiger partial charge in [-0.05, 0) is 24.3 Å². The molecule has 7 nitrogen and oxygen atoms in total. The van der Waals surface area contributed by atoms with Gasteiger partial charge in [0.25, 0.3) is 5.91 Å². The van der Waals surface area contributed by atoms with Crippen LogP contribution in [0.5, 0.6) is 0 Å². The van der Waals surface area contributed by atoms with E-state index < -0.39 is 0 Å². The molecule has 24 heavy (non-hydrogen) atoms. The number of benzene rings is 1. The zero-order chi connectivity index (χ0) is 16.5. The summed E-state index contributed by atoms with van der Waals surface area (Å²) in [6.07, 6.45) is 5.17. The van der Waals surface area contributed by atoms with Crippen LogP contribution in [0.1, 0.15) is 10.5 Å². The van der Waals surface area contributed by atoms with Gasteiger partial charge in [0.05, 0.1) is 11.8 Å². The van der Waals surface area contributed by atoms with Gasteiger partial charge in [-0.3, -0.25) is 4.79 Å². The predicted octanol–water partition coefficient (Wildman–Crippen LogP) is 2.61. The van der Waals surface area contributed by atoms with Crippen molar-refractivity contribution in [2.24, 2.45) is 7.05 Å². The quantitative estimate of drug-likeness (QED) is 0.608. The van der Waals surface area contributed by atoms with E-state index in [9.17, 15) is 4.79 Å². The van der Waals surface area contributed by atoms with E-state index in [0.717, 1.165) is 16.9 Å². The Morgan fingerprint density at radius 2 is 2.12 bits per heavy atom. The predicted molar refractivity (Wildman–Crippen MR) is 90.5 cm³/mol. The molecule has 0 aliphatic rings. The van der Waals surface area contributed by atoms with Crippen LogP contribution in [0.15, 0.2) is 55.1 Å². The molecule has 3 heterocycles. The third-order valence-corrected chi connectivity index (χ3v) is 3.71. The lowest BCUT2D eigenvalue weighted by molar-refractivity contribution is 0.102. The molecule has 3 aromatic heterocycles. The van der Waals surface area contributed by atoms with E-state index in [1.807, 2.05) is 42.1 Å². The molecule has 0 aliphatic carbocycles.